The molecular weight excluding hydrogens is 242 g/mol. The van der Waals surface area contributed by atoms with Gasteiger partial charge in [-0.05, 0) is 40.2 Å². The van der Waals surface area contributed by atoms with E-state index >= 15 is 0 Å². The summed E-state index contributed by atoms with van der Waals surface area (Å²) in [6, 6.07) is 21.9. The second-order valence-electron chi connectivity index (χ2n) is 5.89. The summed E-state index contributed by atoms with van der Waals surface area (Å²) in [7, 11) is 0. The summed E-state index contributed by atoms with van der Waals surface area (Å²) in [5.74, 6) is 1.44. The monoisotopic (exact) mass is 261 g/mol. The van der Waals surface area contributed by atoms with Crippen LogP contribution in [0.2, 0.25) is 0 Å². The van der Waals surface area contributed by atoms with E-state index in [-0.39, 0.29) is 0 Å². The Morgan fingerprint density at radius 3 is 1.75 bits per heavy atom. The average Bonchev–Trinajstić information content (AvgIpc) is 2.73. The number of nitrogens with one attached hydrogen (secondary N) is 1. The van der Waals surface area contributed by atoms with Gasteiger partial charge in [0, 0.05) is 13.1 Å². The summed E-state index contributed by atoms with van der Waals surface area (Å²) in [6.45, 7) is 2.29. The molecule has 2 aliphatic rings. The van der Waals surface area contributed by atoms with Crippen LogP contribution in [0, 0.1) is 0 Å². The summed E-state index contributed by atoms with van der Waals surface area (Å²) in [5, 5.41) is 6.25. The van der Waals surface area contributed by atoms with Crippen molar-refractivity contribution < 1.29 is 0 Å². The lowest BCUT2D eigenvalue weighted by Crippen LogP contribution is -2.28. The van der Waals surface area contributed by atoms with E-state index in [2.05, 4.69) is 66.0 Å². The van der Waals surface area contributed by atoms with Crippen molar-refractivity contribution in [3.05, 3.63) is 71.8 Å². The Kier molecular flexibility index (Phi) is 2.93. The fourth-order valence-corrected chi connectivity index (χ4v) is 3.65. The minimum atomic E-state index is 0.720. The third kappa shape index (κ3) is 1.99. The van der Waals surface area contributed by atoms with Gasteiger partial charge in [-0.15, -0.1) is 0 Å². The summed E-state index contributed by atoms with van der Waals surface area (Å²) >= 11 is 0. The van der Waals surface area contributed by atoms with Gasteiger partial charge >= 0.3 is 0 Å². The van der Waals surface area contributed by atoms with Crippen LogP contribution in [-0.4, -0.2) is 13.1 Å². The minimum absolute atomic E-state index is 0.720. The van der Waals surface area contributed by atoms with Gasteiger partial charge in [0.1, 0.15) is 0 Å². The molecule has 0 spiro atoms. The molecule has 1 aliphatic carbocycles. The topological polar surface area (TPSA) is 12.0 Å². The highest BCUT2D eigenvalue weighted by Gasteiger charge is 2.33. The van der Waals surface area contributed by atoms with Crippen molar-refractivity contribution in [2.24, 2.45) is 0 Å². The zero-order valence-corrected chi connectivity index (χ0v) is 11.5. The molecule has 0 radical (unpaired) electrons. The molecule has 0 saturated carbocycles. The van der Waals surface area contributed by atoms with Gasteiger partial charge in [0.25, 0.3) is 0 Å². The van der Waals surface area contributed by atoms with E-state index in [0.717, 1.165) is 24.9 Å². The molecule has 1 nitrogen and oxygen atoms in total. The fraction of sp³-hybridized carbons (Fsp3) is 0.263. The van der Waals surface area contributed by atoms with Gasteiger partial charge in [-0.25, -0.2) is 0 Å². The number of hydrogen-bond donors (Lipinski definition) is 1. The van der Waals surface area contributed by atoms with Crippen molar-refractivity contribution in [2.75, 3.05) is 13.1 Å². The smallest absolute Gasteiger partial charge is 0.00207 e. The van der Waals surface area contributed by atoms with Gasteiger partial charge in [-0.2, -0.15) is 0 Å². The van der Waals surface area contributed by atoms with E-state index in [0.29, 0.717) is 0 Å². The SMILES string of the molecule is c1ccccc2cc3c(cc2ccc1)C1CNCC3C1. The van der Waals surface area contributed by atoms with Gasteiger partial charge in [0.05, 0.1) is 0 Å². The molecule has 4 rings (SSSR count). The molecule has 1 saturated heterocycles. The normalized spacial score (nSPS) is 23.2. The largest absolute Gasteiger partial charge is 0.316 e. The van der Waals surface area contributed by atoms with Crippen LogP contribution in [0.15, 0.2) is 60.7 Å². The molecule has 20 heavy (non-hydrogen) atoms. The van der Waals surface area contributed by atoms with Crippen LogP contribution in [0.5, 0.6) is 0 Å². The first kappa shape index (κ1) is 11.9. The first-order valence-electron chi connectivity index (χ1n) is 7.48. The second kappa shape index (κ2) is 4.92. The first-order valence-corrected chi connectivity index (χ1v) is 7.48. The molecule has 1 heterocycles. The molecule has 2 unspecified atom stereocenters. The summed E-state index contributed by atoms with van der Waals surface area (Å²) in [4.78, 5) is 0. The van der Waals surface area contributed by atoms with E-state index in [1.165, 1.54) is 17.2 Å². The van der Waals surface area contributed by atoms with Crippen LogP contribution in [0.1, 0.15) is 29.4 Å². The third-order valence-corrected chi connectivity index (χ3v) is 4.63. The standard InChI is InChI=1S/C19H19N/c1-2-4-6-8-15-11-19-17-9-16(12-20-13-17)18(19)10-14(15)7-5-3-1/h1-8,10-11,16-17,20H,9,12-13H2. The molecule has 0 amide bonds. The predicted octanol–water partition coefficient (Wildman–Crippen LogP) is 4.14. The highest BCUT2D eigenvalue weighted by atomic mass is 14.9. The van der Waals surface area contributed by atoms with Gasteiger partial charge in [0.15, 0.2) is 0 Å². The van der Waals surface area contributed by atoms with Crippen LogP contribution >= 0.6 is 0 Å². The van der Waals surface area contributed by atoms with Gasteiger partial charge in [-0.1, -0.05) is 60.7 Å². The quantitative estimate of drug-likeness (QED) is 0.751. The van der Waals surface area contributed by atoms with Gasteiger partial charge in [-0.3, -0.25) is 0 Å². The zero-order chi connectivity index (χ0) is 13.4. The third-order valence-electron chi connectivity index (χ3n) is 4.63. The van der Waals surface area contributed by atoms with E-state index in [1.54, 1.807) is 11.1 Å². The molecule has 100 valence electrons. The Morgan fingerprint density at radius 1 is 0.700 bits per heavy atom. The maximum absolute atomic E-state index is 3.57. The lowest BCUT2D eigenvalue weighted by atomic mass is 9.98. The molecule has 0 aromatic heterocycles. The van der Waals surface area contributed by atoms with Crippen molar-refractivity contribution >= 4 is 10.8 Å². The average molecular weight is 261 g/mol. The van der Waals surface area contributed by atoms with Gasteiger partial charge < -0.3 is 5.32 Å². The summed E-state index contributed by atoms with van der Waals surface area (Å²) in [6.07, 6.45) is 1.33. The fourth-order valence-electron chi connectivity index (χ4n) is 3.65. The van der Waals surface area contributed by atoms with E-state index in [4.69, 9.17) is 0 Å². The molecule has 1 aliphatic heterocycles. The van der Waals surface area contributed by atoms with Crippen LogP contribution in [0.3, 0.4) is 0 Å². The lowest BCUT2D eigenvalue weighted by Gasteiger charge is -2.19. The number of hydrogen-bond acceptors (Lipinski definition) is 1. The molecule has 2 aromatic carbocycles. The molecule has 1 heteroatoms. The number of piperidine rings is 1. The van der Waals surface area contributed by atoms with Gasteiger partial charge in [0.2, 0.25) is 0 Å². The molecule has 2 bridgehead atoms. The van der Waals surface area contributed by atoms with E-state index in [1.807, 2.05) is 0 Å². The van der Waals surface area contributed by atoms with Crippen molar-refractivity contribution in [1.29, 1.82) is 0 Å². The van der Waals surface area contributed by atoms with Crippen LogP contribution in [0.25, 0.3) is 10.8 Å². The Hall–Kier alpha value is -1.86. The molecule has 2 aromatic rings. The zero-order valence-electron chi connectivity index (χ0n) is 11.5. The molecular formula is C19H19N. The Labute approximate surface area is 120 Å². The second-order valence-corrected chi connectivity index (χ2v) is 5.89. The Bertz CT molecular complexity index is 644. The Morgan fingerprint density at radius 2 is 1.20 bits per heavy atom. The highest BCUT2D eigenvalue weighted by Crippen LogP contribution is 2.44. The molecule has 1 fully saturated rings. The number of fused-ring (bicyclic) bond motifs is 6. The molecule has 2 atom stereocenters. The van der Waals surface area contributed by atoms with Crippen molar-refractivity contribution in [3.63, 3.8) is 0 Å². The Balaban J connectivity index is 1.98. The van der Waals surface area contributed by atoms with E-state index < -0.39 is 0 Å². The summed E-state index contributed by atoms with van der Waals surface area (Å²) < 4.78 is 0. The van der Waals surface area contributed by atoms with Crippen molar-refractivity contribution in [3.8, 4) is 0 Å². The van der Waals surface area contributed by atoms with Crippen molar-refractivity contribution in [2.45, 2.75) is 18.3 Å². The predicted molar refractivity (Wildman–Crippen MR) is 84.5 cm³/mol. The molecule has 1 N–H and O–H groups in total. The maximum atomic E-state index is 3.57. The maximum Gasteiger partial charge on any atom is 0.00207 e. The number of benzene rings is 1. The van der Waals surface area contributed by atoms with Crippen LogP contribution in [-0.2, 0) is 0 Å². The van der Waals surface area contributed by atoms with Crippen LogP contribution in [0.4, 0.5) is 0 Å². The summed E-state index contributed by atoms with van der Waals surface area (Å²) in [5.41, 5.74) is 3.15. The van der Waals surface area contributed by atoms with E-state index in [9.17, 15) is 0 Å². The van der Waals surface area contributed by atoms with Crippen LogP contribution < -0.4 is 5.32 Å². The highest BCUT2D eigenvalue weighted by molar-refractivity contribution is 5.84. The van der Waals surface area contributed by atoms with Crippen molar-refractivity contribution in [1.82, 2.24) is 5.32 Å². The lowest BCUT2D eigenvalue weighted by molar-refractivity contribution is 0.454. The number of rotatable bonds is 0. The minimum Gasteiger partial charge on any atom is -0.316 e. The first-order chi connectivity index (χ1) is 9.92.